The van der Waals surface area contributed by atoms with Crippen LogP contribution < -0.4 is 10.6 Å². The second-order valence-electron chi connectivity index (χ2n) is 15.0. The van der Waals surface area contributed by atoms with Crippen molar-refractivity contribution in [2.24, 2.45) is 0 Å². The summed E-state index contributed by atoms with van der Waals surface area (Å²) >= 11 is 0. The van der Waals surface area contributed by atoms with Gasteiger partial charge in [-0.05, 0) is 83.6 Å². The van der Waals surface area contributed by atoms with Gasteiger partial charge in [0, 0.05) is 50.3 Å². The molecular formula is C44H42N4O5. The third-order valence-corrected chi connectivity index (χ3v) is 8.98. The number of nitrogens with zero attached hydrogens (tertiary/aromatic N) is 1. The van der Waals surface area contributed by atoms with E-state index in [9.17, 15) is 24.6 Å². The number of rotatable bonds is 8. The average molecular weight is 707 g/mol. The van der Waals surface area contributed by atoms with Gasteiger partial charge in [0.1, 0.15) is 11.6 Å². The van der Waals surface area contributed by atoms with E-state index in [1.54, 1.807) is 24.3 Å². The first-order chi connectivity index (χ1) is 25.1. The first-order valence-electron chi connectivity index (χ1n) is 17.3. The largest absolute Gasteiger partial charge is 0.507 e. The standard InChI is InChI=1S/C44H42N4O5/c1-43(2,3)34-24-31(25-35(38(34)49)44(4,5)6)39-47-36(26-16-20-32(21-17-26)45-40(50)28-10-8-7-9-11-28)37(48-39)27-18-22-33(23-19-27)46-41(51)29-12-14-30(15-13-29)42(52)53/h7-25,49H,1-6H3,(H,45,50)(H,46,51)(H,47,48)(H,52,53). The number of aromatic hydroxyl groups is 1. The van der Waals surface area contributed by atoms with Crippen LogP contribution in [0.15, 0.2) is 115 Å². The highest BCUT2D eigenvalue weighted by Crippen LogP contribution is 2.43. The lowest BCUT2D eigenvalue weighted by atomic mass is 9.78. The minimum absolute atomic E-state index is 0.101. The Morgan fingerprint density at radius 2 is 1.04 bits per heavy atom. The summed E-state index contributed by atoms with van der Waals surface area (Å²) in [6.07, 6.45) is 0. The van der Waals surface area contributed by atoms with Crippen molar-refractivity contribution in [1.82, 2.24) is 9.97 Å². The molecule has 0 radical (unpaired) electrons. The highest BCUT2D eigenvalue weighted by Gasteiger charge is 2.28. The van der Waals surface area contributed by atoms with Gasteiger partial charge >= 0.3 is 5.97 Å². The lowest BCUT2D eigenvalue weighted by Crippen LogP contribution is -2.17. The minimum Gasteiger partial charge on any atom is -0.507 e. The van der Waals surface area contributed by atoms with Gasteiger partial charge in [0.2, 0.25) is 0 Å². The number of benzene rings is 5. The molecule has 0 aliphatic heterocycles. The molecule has 0 aliphatic rings. The summed E-state index contributed by atoms with van der Waals surface area (Å²) in [5.74, 6) is -0.731. The Morgan fingerprint density at radius 3 is 1.51 bits per heavy atom. The van der Waals surface area contributed by atoms with E-state index in [1.807, 2.05) is 66.7 Å². The number of phenolic OH excluding ortho intramolecular Hbond substituents is 1. The number of phenols is 1. The van der Waals surface area contributed by atoms with Gasteiger partial charge < -0.3 is 25.8 Å². The highest BCUT2D eigenvalue weighted by molar-refractivity contribution is 6.05. The van der Waals surface area contributed by atoms with E-state index in [-0.39, 0.29) is 34.0 Å². The van der Waals surface area contributed by atoms with Crippen LogP contribution >= 0.6 is 0 Å². The van der Waals surface area contributed by atoms with Gasteiger partial charge in [0.05, 0.1) is 17.0 Å². The van der Waals surface area contributed by atoms with Gasteiger partial charge in [0.15, 0.2) is 0 Å². The third kappa shape index (κ3) is 8.05. The van der Waals surface area contributed by atoms with E-state index in [2.05, 4.69) is 57.2 Å². The number of hydrogen-bond donors (Lipinski definition) is 5. The number of H-pyrrole nitrogens is 1. The van der Waals surface area contributed by atoms with Gasteiger partial charge in [-0.25, -0.2) is 9.78 Å². The van der Waals surface area contributed by atoms with Gasteiger partial charge in [0.25, 0.3) is 11.8 Å². The van der Waals surface area contributed by atoms with Gasteiger partial charge in [-0.3, -0.25) is 9.59 Å². The number of aromatic carboxylic acids is 1. The van der Waals surface area contributed by atoms with Crippen LogP contribution in [0.4, 0.5) is 11.4 Å². The fourth-order valence-electron chi connectivity index (χ4n) is 6.03. The summed E-state index contributed by atoms with van der Waals surface area (Å²) in [5, 5.41) is 26.4. The lowest BCUT2D eigenvalue weighted by Gasteiger charge is -2.28. The monoisotopic (exact) mass is 706 g/mol. The minimum atomic E-state index is -1.06. The number of hydrogen-bond acceptors (Lipinski definition) is 5. The average Bonchev–Trinajstić information content (AvgIpc) is 3.57. The lowest BCUT2D eigenvalue weighted by molar-refractivity contribution is 0.0696. The number of carboxylic acids is 1. The molecule has 53 heavy (non-hydrogen) atoms. The number of aromatic nitrogens is 2. The first-order valence-corrected chi connectivity index (χ1v) is 17.3. The molecule has 0 unspecified atom stereocenters. The normalized spacial score (nSPS) is 11.6. The number of carboxylic acid groups (broad SMARTS) is 1. The molecule has 0 atom stereocenters. The van der Waals surface area contributed by atoms with Crippen LogP contribution in [0.3, 0.4) is 0 Å². The number of carbonyl (C=O) groups excluding carboxylic acids is 2. The molecule has 0 saturated carbocycles. The second-order valence-corrected chi connectivity index (χ2v) is 15.0. The molecule has 5 N–H and O–H groups in total. The molecule has 0 aliphatic carbocycles. The number of imidazole rings is 1. The maximum Gasteiger partial charge on any atom is 0.335 e. The van der Waals surface area contributed by atoms with Crippen LogP contribution in [0, 0.1) is 0 Å². The van der Waals surface area contributed by atoms with Crippen molar-refractivity contribution in [3.05, 3.63) is 143 Å². The molecule has 1 aromatic heterocycles. The Balaban J connectivity index is 1.38. The van der Waals surface area contributed by atoms with Crippen molar-refractivity contribution in [2.75, 3.05) is 10.6 Å². The number of nitrogens with one attached hydrogen (secondary N) is 3. The van der Waals surface area contributed by atoms with E-state index in [1.165, 1.54) is 24.3 Å². The zero-order valence-electron chi connectivity index (χ0n) is 30.5. The molecule has 268 valence electrons. The smallest absolute Gasteiger partial charge is 0.335 e. The zero-order chi connectivity index (χ0) is 38.1. The third-order valence-electron chi connectivity index (χ3n) is 8.98. The molecule has 0 saturated heterocycles. The quantitative estimate of drug-likeness (QED) is 0.107. The van der Waals surface area contributed by atoms with E-state index < -0.39 is 5.97 Å². The number of anilines is 2. The maximum absolute atomic E-state index is 12.9. The van der Waals surface area contributed by atoms with Gasteiger partial charge in [-0.1, -0.05) is 84.0 Å². The van der Waals surface area contributed by atoms with Crippen molar-refractivity contribution >= 4 is 29.2 Å². The van der Waals surface area contributed by atoms with Crippen LogP contribution in [0.2, 0.25) is 0 Å². The summed E-state index contributed by atoms with van der Waals surface area (Å²) in [5.41, 5.74) is 7.03. The molecule has 0 fully saturated rings. The van der Waals surface area contributed by atoms with Crippen LogP contribution in [-0.2, 0) is 10.8 Å². The Kier molecular flexibility index (Phi) is 9.78. The molecule has 6 rings (SSSR count). The summed E-state index contributed by atoms with van der Waals surface area (Å²) in [7, 11) is 0. The molecule has 0 bridgehead atoms. The van der Waals surface area contributed by atoms with Crippen molar-refractivity contribution in [2.45, 2.75) is 52.4 Å². The molecule has 2 amide bonds. The topological polar surface area (TPSA) is 144 Å². The molecule has 9 nitrogen and oxygen atoms in total. The van der Waals surface area contributed by atoms with Crippen molar-refractivity contribution in [3.63, 3.8) is 0 Å². The van der Waals surface area contributed by atoms with Crippen LogP contribution in [-0.4, -0.2) is 38.0 Å². The van der Waals surface area contributed by atoms with Crippen LogP contribution in [0.25, 0.3) is 33.9 Å². The van der Waals surface area contributed by atoms with Crippen molar-refractivity contribution in [3.8, 4) is 39.7 Å². The zero-order valence-corrected chi connectivity index (χ0v) is 30.5. The second kappa shape index (κ2) is 14.3. The van der Waals surface area contributed by atoms with Crippen molar-refractivity contribution in [1.29, 1.82) is 0 Å². The van der Waals surface area contributed by atoms with E-state index >= 15 is 0 Å². The SMILES string of the molecule is CC(C)(C)c1cc(-c2nc(-c3ccc(NC(=O)c4ccccc4)cc3)c(-c3ccc(NC(=O)c4ccc(C(=O)O)cc4)cc3)[nH]2)cc(C(C)(C)C)c1O. The molecular weight excluding hydrogens is 665 g/mol. The van der Waals surface area contributed by atoms with Crippen LogP contribution in [0.5, 0.6) is 5.75 Å². The maximum atomic E-state index is 12.9. The Bertz CT molecular complexity index is 2260. The number of aromatic amines is 1. The van der Waals surface area contributed by atoms with E-state index in [4.69, 9.17) is 4.98 Å². The van der Waals surface area contributed by atoms with E-state index in [0.29, 0.717) is 34.0 Å². The molecule has 9 heteroatoms. The summed E-state index contributed by atoms with van der Waals surface area (Å²) < 4.78 is 0. The Labute approximate surface area is 308 Å². The summed E-state index contributed by atoms with van der Waals surface area (Å²) in [6.45, 7) is 12.4. The molecule has 5 aromatic carbocycles. The summed E-state index contributed by atoms with van der Waals surface area (Å²) in [6, 6.07) is 33.6. The Morgan fingerprint density at radius 1 is 0.585 bits per heavy atom. The fraction of sp³-hybridized carbons (Fsp3) is 0.182. The fourth-order valence-corrected chi connectivity index (χ4v) is 6.03. The first kappa shape index (κ1) is 36.3. The summed E-state index contributed by atoms with van der Waals surface area (Å²) in [4.78, 5) is 45.6. The predicted molar refractivity (Wildman–Crippen MR) is 210 cm³/mol. The highest BCUT2D eigenvalue weighted by atomic mass is 16.4. The van der Waals surface area contributed by atoms with Gasteiger partial charge in [-0.15, -0.1) is 0 Å². The van der Waals surface area contributed by atoms with Crippen molar-refractivity contribution < 1.29 is 24.6 Å². The van der Waals surface area contributed by atoms with Crippen LogP contribution in [0.1, 0.15) is 83.7 Å². The number of amides is 2. The van der Waals surface area contributed by atoms with E-state index in [0.717, 1.165) is 33.5 Å². The molecule has 0 spiro atoms. The molecule has 6 aromatic rings. The Hall–Kier alpha value is -6.48. The predicted octanol–water partition coefficient (Wildman–Crippen LogP) is 9.91. The molecule has 1 heterocycles. The number of carbonyl (C=O) groups is 3. The van der Waals surface area contributed by atoms with Gasteiger partial charge in [-0.2, -0.15) is 0 Å².